The van der Waals surface area contributed by atoms with Crippen LogP contribution in [0.4, 0.5) is 0 Å². The fourth-order valence-corrected chi connectivity index (χ4v) is 1.29. The van der Waals surface area contributed by atoms with Crippen molar-refractivity contribution >= 4 is 62.8 Å². The average molecular weight is 348 g/mol. The van der Waals surface area contributed by atoms with Gasteiger partial charge in [-0.2, -0.15) is 0 Å². The third-order valence-corrected chi connectivity index (χ3v) is 1.55. The summed E-state index contributed by atoms with van der Waals surface area (Å²) in [6.45, 7) is -0.263. The Morgan fingerprint density at radius 3 is 1.83 bits per heavy atom. The summed E-state index contributed by atoms with van der Waals surface area (Å²) in [5, 5.41) is 0. The van der Waals surface area contributed by atoms with Crippen LogP contribution < -0.4 is 5.73 Å². The van der Waals surface area contributed by atoms with E-state index in [1.807, 2.05) is 0 Å². The van der Waals surface area contributed by atoms with Gasteiger partial charge in [-0.3, -0.25) is 4.79 Å². The minimum atomic E-state index is -3.25. The number of hydrogen-bond donors (Lipinski definition) is 1. The first kappa shape index (κ1) is 23.6. The van der Waals surface area contributed by atoms with Gasteiger partial charge in [0.25, 0.3) is 0 Å². The summed E-state index contributed by atoms with van der Waals surface area (Å²) in [4.78, 5) is 10.3. The zero-order chi connectivity index (χ0) is 7.49. The minimum absolute atomic E-state index is 0. The second-order valence-electron chi connectivity index (χ2n) is 1.12. The molecule has 0 aliphatic carbocycles. The molecule has 0 bridgehead atoms. The molecule has 0 aromatic heterocycles. The molecule has 0 rings (SSSR count). The van der Waals surface area contributed by atoms with E-state index < -0.39 is 12.2 Å². The average Bonchev–Trinajstić information content (AvgIpc) is 1.62. The second kappa shape index (κ2) is 11.0. The fraction of sp³-hybridized carbons (Fsp3) is 0.500. The van der Waals surface area contributed by atoms with Crippen molar-refractivity contribution in [1.29, 1.82) is 0 Å². The van der Waals surface area contributed by atoms with Crippen molar-refractivity contribution < 1.29 is 40.9 Å². The van der Waals surface area contributed by atoms with Gasteiger partial charge in [-0.1, -0.05) is 33.2 Å². The molecule has 10 heteroatoms. The Labute approximate surface area is 115 Å². The van der Waals surface area contributed by atoms with Crippen molar-refractivity contribution in [2.45, 2.75) is 0 Å². The fourth-order valence-electron chi connectivity index (χ4n) is 0.171. The van der Waals surface area contributed by atoms with Crippen LogP contribution in [0.25, 0.3) is 0 Å². The quantitative estimate of drug-likeness (QED) is 0.494. The maximum Gasteiger partial charge on any atom is 0.557 e. The van der Waals surface area contributed by atoms with Gasteiger partial charge in [0.15, 0.2) is 17.4 Å². The molecule has 0 aromatic carbocycles. The number of carbonyl (C=O) groups is 1. The molecular formula is C2H9AlCl3NO3SiZr. The summed E-state index contributed by atoms with van der Waals surface area (Å²) < 4.78 is 4.26. The zero-order valence-electron chi connectivity index (χ0n) is 5.23. The van der Waals surface area contributed by atoms with E-state index in [1.165, 1.54) is 0 Å². The van der Waals surface area contributed by atoms with E-state index in [0.29, 0.717) is 0 Å². The molecule has 0 aliphatic heterocycles. The van der Waals surface area contributed by atoms with Crippen molar-refractivity contribution in [2.24, 2.45) is 5.73 Å². The van der Waals surface area contributed by atoms with Crippen LogP contribution in [0.1, 0.15) is 0 Å². The first-order valence-corrected chi connectivity index (χ1v) is 6.88. The molecule has 0 spiro atoms. The summed E-state index contributed by atoms with van der Waals surface area (Å²) in [7, 11) is 0. The third kappa shape index (κ3) is 17.8. The largest absolute Gasteiger partial charge is 0.557 e. The van der Waals surface area contributed by atoms with E-state index >= 15 is 0 Å². The molecule has 72 valence electrons. The SMILES string of the molecule is NCC(=O)O[Si](Cl)(Cl)Cl.O.[AlH3].[Zr]. The summed E-state index contributed by atoms with van der Waals surface area (Å²) in [6, 6.07) is 0. The van der Waals surface area contributed by atoms with Crippen LogP contribution >= 0.6 is 33.2 Å². The van der Waals surface area contributed by atoms with Gasteiger partial charge >= 0.3 is 12.2 Å². The number of hydrogen-bond acceptors (Lipinski definition) is 3. The van der Waals surface area contributed by atoms with Crippen LogP contribution in [0.15, 0.2) is 0 Å². The maximum atomic E-state index is 10.3. The molecule has 4 nitrogen and oxygen atoms in total. The van der Waals surface area contributed by atoms with E-state index in [4.69, 9.17) is 39.0 Å². The molecule has 0 aromatic rings. The summed E-state index contributed by atoms with van der Waals surface area (Å²) in [6.07, 6.45) is -3.25. The van der Waals surface area contributed by atoms with E-state index in [1.54, 1.807) is 0 Å². The van der Waals surface area contributed by atoms with Gasteiger partial charge in [0.1, 0.15) is 0 Å². The smallest absolute Gasteiger partial charge is 0.480 e. The van der Waals surface area contributed by atoms with Crippen LogP contribution in [-0.2, 0) is 35.4 Å². The van der Waals surface area contributed by atoms with Crippen molar-refractivity contribution in [3.05, 3.63) is 0 Å². The molecule has 0 saturated carbocycles. The molecule has 0 saturated heterocycles. The topological polar surface area (TPSA) is 83.8 Å². The monoisotopic (exact) mass is 345 g/mol. The summed E-state index contributed by atoms with van der Waals surface area (Å²) in [5.41, 5.74) is 4.85. The van der Waals surface area contributed by atoms with Crippen molar-refractivity contribution in [3.63, 3.8) is 0 Å². The number of nitrogens with two attached hydrogens (primary N) is 1. The van der Waals surface area contributed by atoms with Gasteiger partial charge < -0.3 is 15.6 Å². The van der Waals surface area contributed by atoms with Crippen molar-refractivity contribution in [3.8, 4) is 0 Å². The van der Waals surface area contributed by atoms with Gasteiger partial charge in [-0.05, 0) is 0 Å². The van der Waals surface area contributed by atoms with Crippen LogP contribution in [0, 0.1) is 0 Å². The molecule has 0 fully saturated rings. The van der Waals surface area contributed by atoms with Crippen LogP contribution in [0.5, 0.6) is 0 Å². The van der Waals surface area contributed by atoms with E-state index in [9.17, 15) is 4.79 Å². The molecule has 0 heterocycles. The Kier molecular flexibility index (Phi) is 21.6. The first-order valence-electron chi connectivity index (χ1n) is 1.94. The Morgan fingerprint density at radius 2 is 1.75 bits per heavy atom. The maximum absolute atomic E-state index is 10.3. The number of carbonyl (C=O) groups excluding carboxylic acids is 1. The molecule has 0 atom stereocenters. The Bertz CT molecular complexity index is 125. The van der Waals surface area contributed by atoms with Crippen LogP contribution in [-0.4, -0.2) is 41.6 Å². The summed E-state index contributed by atoms with van der Waals surface area (Å²) in [5.74, 6) is -0.693. The Hall–Kier alpha value is 1.89. The number of rotatable bonds is 2. The molecule has 4 N–H and O–H groups in total. The van der Waals surface area contributed by atoms with Gasteiger partial charge in [-0.25, -0.2) is 0 Å². The van der Waals surface area contributed by atoms with Crippen molar-refractivity contribution in [1.82, 2.24) is 0 Å². The predicted molar refractivity (Wildman–Crippen MR) is 52.0 cm³/mol. The second-order valence-corrected chi connectivity index (χ2v) is 8.75. The number of halogens is 3. The minimum Gasteiger partial charge on any atom is -0.480 e. The van der Waals surface area contributed by atoms with Crippen molar-refractivity contribution in [2.75, 3.05) is 6.54 Å². The standard InChI is InChI=1S/C2H4Cl3NO2Si.Al.H2O.Zr.3H/c3-9(4,5)8-2(7)1-6;;;;;;/h1,6H2;;1H2;;;;. The van der Waals surface area contributed by atoms with E-state index in [2.05, 4.69) is 4.43 Å². The normalized spacial score (nSPS) is 8.33. The third-order valence-electron chi connectivity index (χ3n) is 0.396. The molecule has 0 aliphatic rings. The molecular weight excluding hydrogens is 339 g/mol. The van der Waals surface area contributed by atoms with Gasteiger partial charge in [0.05, 0.1) is 6.54 Å². The molecule has 0 radical (unpaired) electrons. The predicted octanol–water partition coefficient (Wildman–Crippen LogP) is -1.37. The zero-order valence-corrected chi connectivity index (χ0v) is 11.0. The Balaban J connectivity index is -0.000000107. The van der Waals surface area contributed by atoms with Gasteiger partial charge in [0, 0.05) is 26.2 Å². The Morgan fingerprint density at radius 1 is 1.42 bits per heavy atom. The van der Waals surface area contributed by atoms with Gasteiger partial charge in [-0.15, -0.1) is 0 Å². The molecule has 0 unspecified atom stereocenters. The van der Waals surface area contributed by atoms with Gasteiger partial charge in [0.2, 0.25) is 0 Å². The van der Waals surface area contributed by atoms with Crippen LogP contribution in [0.3, 0.4) is 0 Å². The summed E-state index contributed by atoms with van der Waals surface area (Å²) >= 11 is 15.5. The molecule has 0 amide bonds. The van der Waals surface area contributed by atoms with E-state index in [0.717, 1.165) is 0 Å². The van der Waals surface area contributed by atoms with E-state index in [-0.39, 0.29) is 55.6 Å². The molecule has 12 heavy (non-hydrogen) atoms. The van der Waals surface area contributed by atoms with Crippen LogP contribution in [0.2, 0.25) is 0 Å². The first-order chi connectivity index (χ1) is 3.95.